The van der Waals surface area contributed by atoms with Gasteiger partial charge in [-0.05, 0) is 31.4 Å². The first-order valence-electron chi connectivity index (χ1n) is 8.00. The Hall–Kier alpha value is -2.44. The first-order chi connectivity index (χ1) is 11.1. The van der Waals surface area contributed by atoms with E-state index in [2.05, 4.69) is 21.8 Å². The number of nitro groups is 1. The van der Waals surface area contributed by atoms with Gasteiger partial charge in [0, 0.05) is 45.2 Å². The van der Waals surface area contributed by atoms with Gasteiger partial charge in [0.1, 0.15) is 5.84 Å². The Kier molecular flexibility index (Phi) is 4.55. The van der Waals surface area contributed by atoms with Crippen molar-refractivity contribution in [2.45, 2.75) is 25.7 Å². The van der Waals surface area contributed by atoms with Crippen molar-refractivity contribution in [3.8, 4) is 0 Å². The zero-order chi connectivity index (χ0) is 16.2. The fourth-order valence-corrected chi connectivity index (χ4v) is 2.90. The number of hydrogen-bond acceptors (Lipinski definition) is 3. The minimum atomic E-state index is -0.400. The highest BCUT2D eigenvalue weighted by Crippen LogP contribution is 2.21. The number of non-ortho nitro benzene ring substituents is 1. The van der Waals surface area contributed by atoms with Crippen LogP contribution in [-0.4, -0.2) is 53.2 Å². The normalized spacial score (nSPS) is 20.6. The monoisotopic (exact) mass is 315 g/mol. The van der Waals surface area contributed by atoms with Crippen molar-refractivity contribution in [3.05, 3.63) is 34.4 Å². The molecule has 2 aliphatic rings. The summed E-state index contributed by atoms with van der Waals surface area (Å²) in [6, 6.07) is 6.31. The van der Waals surface area contributed by atoms with Gasteiger partial charge in [0.25, 0.3) is 5.69 Å². The van der Waals surface area contributed by atoms with E-state index in [0.29, 0.717) is 5.69 Å². The van der Waals surface area contributed by atoms with Crippen LogP contribution in [-0.2, 0) is 0 Å². The molecule has 1 aromatic carbocycles. The van der Waals surface area contributed by atoms with E-state index >= 15 is 0 Å². The summed E-state index contributed by atoms with van der Waals surface area (Å²) in [6.07, 6.45) is 4.41. The SMILES string of the molecule is CN1CCC/C1=N/C(=N/c1ccc([N+](=O)[O-])cc1)N1CCCC1. The van der Waals surface area contributed by atoms with Crippen LogP contribution in [0.5, 0.6) is 0 Å². The molecule has 23 heavy (non-hydrogen) atoms. The fraction of sp³-hybridized carbons (Fsp3) is 0.500. The lowest BCUT2D eigenvalue weighted by Crippen LogP contribution is -2.29. The van der Waals surface area contributed by atoms with E-state index in [-0.39, 0.29) is 5.69 Å². The number of guanidine groups is 1. The Balaban J connectivity index is 1.89. The van der Waals surface area contributed by atoms with Gasteiger partial charge in [-0.15, -0.1) is 0 Å². The first kappa shape index (κ1) is 15.5. The molecular weight excluding hydrogens is 294 g/mol. The Morgan fingerprint density at radius 3 is 2.39 bits per heavy atom. The van der Waals surface area contributed by atoms with E-state index < -0.39 is 4.92 Å². The molecule has 0 unspecified atom stereocenters. The number of rotatable bonds is 2. The smallest absolute Gasteiger partial charge is 0.269 e. The molecule has 0 radical (unpaired) electrons. The molecule has 0 aromatic heterocycles. The summed E-state index contributed by atoms with van der Waals surface area (Å²) in [5.74, 6) is 1.79. The summed E-state index contributed by atoms with van der Waals surface area (Å²) in [5.41, 5.74) is 0.774. The summed E-state index contributed by atoms with van der Waals surface area (Å²) in [4.78, 5) is 24.1. The van der Waals surface area contributed by atoms with Crippen molar-refractivity contribution < 1.29 is 4.92 Å². The largest absolute Gasteiger partial charge is 0.363 e. The number of benzene rings is 1. The van der Waals surface area contributed by atoms with E-state index in [4.69, 9.17) is 4.99 Å². The van der Waals surface area contributed by atoms with Gasteiger partial charge >= 0.3 is 0 Å². The minimum Gasteiger partial charge on any atom is -0.363 e. The highest BCUT2D eigenvalue weighted by atomic mass is 16.6. The average molecular weight is 315 g/mol. The third-order valence-corrected chi connectivity index (χ3v) is 4.24. The van der Waals surface area contributed by atoms with Crippen LogP contribution in [0.4, 0.5) is 11.4 Å². The number of hydrogen-bond donors (Lipinski definition) is 0. The van der Waals surface area contributed by atoms with Crippen molar-refractivity contribution in [2.24, 2.45) is 9.98 Å². The van der Waals surface area contributed by atoms with E-state index in [1.54, 1.807) is 12.1 Å². The van der Waals surface area contributed by atoms with Crippen molar-refractivity contribution >= 4 is 23.2 Å². The quantitative estimate of drug-likeness (QED) is 0.364. The third-order valence-electron chi connectivity index (χ3n) is 4.24. The molecule has 2 saturated heterocycles. The number of amidine groups is 1. The molecule has 0 saturated carbocycles. The second kappa shape index (κ2) is 6.76. The minimum absolute atomic E-state index is 0.0773. The molecule has 0 atom stereocenters. The Labute approximate surface area is 135 Å². The van der Waals surface area contributed by atoms with Crippen LogP contribution in [0.2, 0.25) is 0 Å². The highest BCUT2D eigenvalue weighted by Gasteiger charge is 2.20. The molecule has 0 aliphatic carbocycles. The first-order valence-corrected chi connectivity index (χ1v) is 8.00. The van der Waals surface area contributed by atoms with Gasteiger partial charge in [-0.25, -0.2) is 4.99 Å². The lowest BCUT2D eigenvalue weighted by atomic mass is 10.3. The molecule has 0 spiro atoms. The molecular formula is C16H21N5O2. The maximum atomic E-state index is 10.7. The van der Waals surface area contributed by atoms with Gasteiger partial charge in [0.15, 0.2) is 0 Å². The van der Waals surface area contributed by atoms with Gasteiger partial charge in [-0.3, -0.25) is 10.1 Å². The molecule has 2 heterocycles. The average Bonchev–Trinajstić information content (AvgIpc) is 3.19. The molecule has 1 aromatic rings. The molecule has 7 nitrogen and oxygen atoms in total. The molecule has 7 heteroatoms. The van der Waals surface area contributed by atoms with Gasteiger partial charge in [0.05, 0.1) is 10.6 Å². The van der Waals surface area contributed by atoms with Crippen LogP contribution in [0.25, 0.3) is 0 Å². The molecule has 0 N–H and O–H groups in total. The summed E-state index contributed by atoms with van der Waals surface area (Å²) < 4.78 is 0. The van der Waals surface area contributed by atoms with Crippen LogP contribution < -0.4 is 0 Å². The lowest BCUT2D eigenvalue weighted by molar-refractivity contribution is -0.384. The van der Waals surface area contributed by atoms with Crippen molar-refractivity contribution in [2.75, 3.05) is 26.7 Å². The predicted molar refractivity (Wildman–Crippen MR) is 90.3 cm³/mol. The van der Waals surface area contributed by atoms with Crippen molar-refractivity contribution in [3.63, 3.8) is 0 Å². The van der Waals surface area contributed by atoms with E-state index in [1.165, 1.54) is 12.1 Å². The molecule has 3 rings (SSSR count). The Bertz CT molecular complexity index is 632. The van der Waals surface area contributed by atoms with E-state index in [9.17, 15) is 10.1 Å². The second-order valence-electron chi connectivity index (χ2n) is 5.93. The standard InChI is InChI=1S/C16H21N5O2/c1-19-10-4-5-15(19)18-16(20-11-2-3-12-20)17-13-6-8-14(9-7-13)21(22)23/h6-9H,2-5,10-12H2,1H3/b17-16-,18-15-. The summed E-state index contributed by atoms with van der Waals surface area (Å²) in [7, 11) is 2.05. The summed E-state index contributed by atoms with van der Waals surface area (Å²) in [5, 5.41) is 10.7. The van der Waals surface area contributed by atoms with E-state index in [0.717, 1.165) is 57.1 Å². The highest BCUT2D eigenvalue weighted by molar-refractivity contribution is 5.97. The molecule has 0 bridgehead atoms. The predicted octanol–water partition coefficient (Wildman–Crippen LogP) is 2.80. The second-order valence-corrected chi connectivity index (χ2v) is 5.93. The van der Waals surface area contributed by atoms with Crippen LogP contribution in [0.1, 0.15) is 25.7 Å². The third kappa shape index (κ3) is 3.67. The topological polar surface area (TPSA) is 74.3 Å². The number of likely N-dealkylation sites (tertiary alicyclic amines) is 2. The fourth-order valence-electron chi connectivity index (χ4n) is 2.90. The Morgan fingerprint density at radius 2 is 1.83 bits per heavy atom. The van der Waals surface area contributed by atoms with Crippen molar-refractivity contribution in [1.82, 2.24) is 9.80 Å². The Morgan fingerprint density at radius 1 is 1.13 bits per heavy atom. The molecule has 2 fully saturated rings. The van der Waals surface area contributed by atoms with Crippen LogP contribution in [0.15, 0.2) is 34.3 Å². The van der Waals surface area contributed by atoms with Gasteiger partial charge in [0.2, 0.25) is 5.96 Å². The molecule has 0 amide bonds. The zero-order valence-corrected chi connectivity index (χ0v) is 13.3. The number of nitro benzene ring substituents is 1. The van der Waals surface area contributed by atoms with Gasteiger partial charge in [-0.1, -0.05) is 0 Å². The summed E-state index contributed by atoms with van der Waals surface area (Å²) >= 11 is 0. The van der Waals surface area contributed by atoms with Gasteiger partial charge < -0.3 is 9.80 Å². The number of aliphatic imine (C=N–C) groups is 2. The van der Waals surface area contributed by atoms with E-state index in [1.807, 2.05) is 0 Å². The molecule has 122 valence electrons. The molecule has 2 aliphatic heterocycles. The van der Waals surface area contributed by atoms with Crippen LogP contribution in [0.3, 0.4) is 0 Å². The maximum absolute atomic E-state index is 10.7. The maximum Gasteiger partial charge on any atom is 0.269 e. The van der Waals surface area contributed by atoms with Crippen LogP contribution >= 0.6 is 0 Å². The van der Waals surface area contributed by atoms with Gasteiger partial charge in [-0.2, -0.15) is 4.99 Å². The van der Waals surface area contributed by atoms with Crippen molar-refractivity contribution in [1.29, 1.82) is 0 Å². The van der Waals surface area contributed by atoms with Crippen LogP contribution in [0, 0.1) is 10.1 Å². The number of nitrogens with zero attached hydrogens (tertiary/aromatic N) is 5. The lowest BCUT2D eigenvalue weighted by Gasteiger charge is -2.19. The summed E-state index contributed by atoms with van der Waals surface area (Å²) in [6.45, 7) is 2.96. The zero-order valence-electron chi connectivity index (χ0n) is 13.3.